The molecule has 0 aliphatic rings. The zero-order valence-electron chi connectivity index (χ0n) is 13.8. The number of thioether (sulfide) groups is 1. The molecule has 0 radical (unpaired) electrons. The zero-order chi connectivity index (χ0) is 17.5. The zero-order valence-corrected chi connectivity index (χ0v) is 14.6. The summed E-state index contributed by atoms with van der Waals surface area (Å²) < 4.78 is 5.11. The molecule has 0 atom stereocenters. The van der Waals surface area contributed by atoms with Crippen molar-refractivity contribution in [3.8, 4) is 0 Å². The van der Waals surface area contributed by atoms with Crippen LogP contribution in [0.2, 0.25) is 0 Å². The maximum absolute atomic E-state index is 12.5. The van der Waals surface area contributed by atoms with Crippen molar-refractivity contribution in [3.05, 3.63) is 71.6 Å². The van der Waals surface area contributed by atoms with Gasteiger partial charge in [0.25, 0.3) is 5.91 Å². The van der Waals surface area contributed by atoms with Crippen LogP contribution in [-0.2, 0) is 12.2 Å². The molecule has 6 nitrogen and oxygen atoms in total. The van der Waals surface area contributed by atoms with Crippen molar-refractivity contribution in [1.82, 2.24) is 20.4 Å². The standard InChI is InChI=1S/C18H18N4O2S/c1-13-21-17(24-22-13)12-25-16-8-3-2-7-15(16)18(23)20-11-9-14-6-4-5-10-19-14/h2-8,10H,9,11-12H2,1H3,(H,20,23). The van der Waals surface area contributed by atoms with Crippen LogP contribution >= 0.6 is 11.8 Å². The number of nitrogens with one attached hydrogen (secondary N) is 1. The van der Waals surface area contributed by atoms with E-state index in [1.54, 1.807) is 13.1 Å². The Morgan fingerprint density at radius 1 is 1.20 bits per heavy atom. The van der Waals surface area contributed by atoms with Gasteiger partial charge in [-0.3, -0.25) is 9.78 Å². The van der Waals surface area contributed by atoms with Crippen LogP contribution in [0.3, 0.4) is 0 Å². The Morgan fingerprint density at radius 2 is 2.04 bits per heavy atom. The van der Waals surface area contributed by atoms with E-state index in [9.17, 15) is 4.79 Å². The molecule has 2 heterocycles. The summed E-state index contributed by atoms with van der Waals surface area (Å²) in [6.07, 6.45) is 2.45. The third-order valence-electron chi connectivity index (χ3n) is 3.45. The highest BCUT2D eigenvalue weighted by molar-refractivity contribution is 7.98. The molecule has 128 valence electrons. The molecular weight excluding hydrogens is 336 g/mol. The summed E-state index contributed by atoms with van der Waals surface area (Å²) in [4.78, 5) is 21.8. The fourth-order valence-corrected chi connectivity index (χ4v) is 3.15. The fourth-order valence-electron chi connectivity index (χ4n) is 2.26. The molecule has 0 bridgehead atoms. The van der Waals surface area contributed by atoms with Gasteiger partial charge in [0, 0.05) is 29.8 Å². The van der Waals surface area contributed by atoms with Crippen LogP contribution in [0.15, 0.2) is 58.1 Å². The summed E-state index contributed by atoms with van der Waals surface area (Å²) in [6.45, 7) is 2.32. The molecule has 0 aliphatic carbocycles. The second kappa shape index (κ2) is 8.43. The summed E-state index contributed by atoms with van der Waals surface area (Å²) in [5, 5.41) is 6.72. The Hall–Kier alpha value is -2.67. The number of nitrogens with zero attached hydrogens (tertiary/aromatic N) is 3. The monoisotopic (exact) mass is 354 g/mol. The number of aryl methyl sites for hydroxylation is 1. The lowest BCUT2D eigenvalue weighted by Crippen LogP contribution is -2.26. The van der Waals surface area contributed by atoms with E-state index in [0.717, 1.165) is 10.6 Å². The normalized spacial score (nSPS) is 10.6. The summed E-state index contributed by atoms with van der Waals surface area (Å²) in [5.41, 5.74) is 1.60. The smallest absolute Gasteiger partial charge is 0.252 e. The molecular formula is C18H18N4O2S. The Labute approximate surface area is 150 Å². The van der Waals surface area contributed by atoms with E-state index in [0.29, 0.717) is 36.0 Å². The predicted molar refractivity (Wildman–Crippen MR) is 95.3 cm³/mol. The number of hydrogen-bond acceptors (Lipinski definition) is 6. The highest BCUT2D eigenvalue weighted by Gasteiger charge is 2.12. The van der Waals surface area contributed by atoms with Crippen molar-refractivity contribution in [3.63, 3.8) is 0 Å². The lowest BCUT2D eigenvalue weighted by atomic mass is 10.2. The average Bonchev–Trinajstić information content (AvgIpc) is 3.06. The molecule has 1 N–H and O–H groups in total. The number of pyridine rings is 1. The van der Waals surface area contributed by atoms with Crippen LogP contribution in [0.4, 0.5) is 0 Å². The van der Waals surface area contributed by atoms with Gasteiger partial charge in [0.1, 0.15) is 0 Å². The number of hydrogen-bond donors (Lipinski definition) is 1. The summed E-state index contributed by atoms with van der Waals surface area (Å²) in [5.74, 6) is 1.59. The van der Waals surface area contributed by atoms with Crippen LogP contribution in [0.25, 0.3) is 0 Å². The van der Waals surface area contributed by atoms with E-state index in [1.807, 2.05) is 42.5 Å². The highest BCUT2D eigenvalue weighted by atomic mass is 32.2. The first-order valence-corrected chi connectivity index (χ1v) is 8.90. The number of carbonyl (C=O) groups is 1. The van der Waals surface area contributed by atoms with Gasteiger partial charge in [-0.1, -0.05) is 23.4 Å². The van der Waals surface area contributed by atoms with Crippen LogP contribution in [0.5, 0.6) is 0 Å². The second-order valence-electron chi connectivity index (χ2n) is 5.35. The number of benzene rings is 1. The van der Waals surface area contributed by atoms with Gasteiger partial charge in [-0.15, -0.1) is 11.8 Å². The number of amides is 1. The first-order valence-electron chi connectivity index (χ1n) is 7.91. The van der Waals surface area contributed by atoms with Crippen molar-refractivity contribution < 1.29 is 9.32 Å². The van der Waals surface area contributed by atoms with Gasteiger partial charge in [-0.2, -0.15) is 4.98 Å². The van der Waals surface area contributed by atoms with Crippen LogP contribution < -0.4 is 5.32 Å². The van der Waals surface area contributed by atoms with Gasteiger partial charge in [0.2, 0.25) is 5.89 Å². The first-order chi connectivity index (χ1) is 12.2. The van der Waals surface area contributed by atoms with E-state index >= 15 is 0 Å². The van der Waals surface area contributed by atoms with Crippen LogP contribution in [0.1, 0.15) is 27.8 Å². The first kappa shape index (κ1) is 17.2. The number of carbonyl (C=O) groups excluding carboxylic acids is 1. The van der Waals surface area contributed by atoms with Crippen molar-refractivity contribution >= 4 is 17.7 Å². The summed E-state index contributed by atoms with van der Waals surface area (Å²) in [7, 11) is 0. The SMILES string of the molecule is Cc1noc(CSc2ccccc2C(=O)NCCc2ccccn2)n1. The third-order valence-corrected chi connectivity index (χ3v) is 4.50. The van der Waals surface area contributed by atoms with E-state index in [-0.39, 0.29) is 5.91 Å². The topological polar surface area (TPSA) is 80.9 Å². The minimum absolute atomic E-state index is 0.0965. The molecule has 1 aromatic carbocycles. The van der Waals surface area contributed by atoms with Gasteiger partial charge < -0.3 is 9.84 Å². The minimum atomic E-state index is -0.0965. The van der Waals surface area contributed by atoms with Crippen molar-refractivity contribution in [1.29, 1.82) is 0 Å². The Morgan fingerprint density at radius 3 is 2.80 bits per heavy atom. The molecule has 3 aromatic rings. The van der Waals surface area contributed by atoms with E-state index in [2.05, 4.69) is 20.4 Å². The maximum atomic E-state index is 12.5. The molecule has 0 saturated carbocycles. The minimum Gasteiger partial charge on any atom is -0.352 e. The Bertz CT molecular complexity index is 836. The molecule has 3 rings (SSSR count). The molecule has 0 spiro atoms. The predicted octanol–water partition coefficient (Wildman–Crippen LogP) is 3.04. The Balaban J connectivity index is 1.58. The lowest BCUT2D eigenvalue weighted by Gasteiger charge is -2.09. The van der Waals surface area contributed by atoms with Gasteiger partial charge in [-0.05, 0) is 31.2 Å². The van der Waals surface area contributed by atoms with E-state index in [4.69, 9.17) is 4.52 Å². The average molecular weight is 354 g/mol. The maximum Gasteiger partial charge on any atom is 0.252 e. The van der Waals surface area contributed by atoms with Gasteiger partial charge in [-0.25, -0.2) is 0 Å². The second-order valence-corrected chi connectivity index (χ2v) is 6.36. The quantitative estimate of drug-likeness (QED) is 0.657. The summed E-state index contributed by atoms with van der Waals surface area (Å²) >= 11 is 1.50. The largest absolute Gasteiger partial charge is 0.352 e. The molecule has 1 amide bonds. The molecule has 0 unspecified atom stereocenters. The molecule has 0 aliphatic heterocycles. The van der Waals surface area contributed by atoms with Crippen molar-refractivity contribution in [2.75, 3.05) is 6.54 Å². The van der Waals surface area contributed by atoms with Gasteiger partial charge in [0.05, 0.1) is 11.3 Å². The third kappa shape index (κ3) is 4.90. The number of rotatable bonds is 7. The molecule has 2 aromatic heterocycles. The highest BCUT2D eigenvalue weighted by Crippen LogP contribution is 2.25. The van der Waals surface area contributed by atoms with E-state index < -0.39 is 0 Å². The molecule has 7 heteroatoms. The van der Waals surface area contributed by atoms with Crippen molar-refractivity contribution in [2.24, 2.45) is 0 Å². The van der Waals surface area contributed by atoms with Crippen LogP contribution in [0, 0.1) is 6.92 Å². The molecule has 25 heavy (non-hydrogen) atoms. The Kier molecular flexibility index (Phi) is 5.79. The molecule has 0 saturated heterocycles. The van der Waals surface area contributed by atoms with Gasteiger partial charge >= 0.3 is 0 Å². The molecule has 0 fully saturated rings. The van der Waals surface area contributed by atoms with E-state index in [1.165, 1.54) is 11.8 Å². The van der Waals surface area contributed by atoms with Crippen molar-refractivity contribution in [2.45, 2.75) is 24.0 Å². The number of aromatic nitrogens is 3. The lowest BCUT2D eigenvalue weighted by molar-refractivity contribution is 0.0951. The van der Waals surface area contributed by atoms with Gasteiger partial charge in [0.15, 0.2) is 5.82 Å². The fraction of sp³-hybridized carbons (Fsp3) is 0.222. The summed E-state index contributed by atoms with van der Waals surface area (Å²) in [6, 6.07) is 13.3. The van der Waals surface area contributed by atoms with Crippen LogP contribution in [-0.4, -0.2) is 27.6 Å².